The number of fused-ring (bicyclic) bond motifs is 1. The molecule has 12 heteroatoms. The van der Waals surface area contributed by atoms with Crippen LogP contribution >= 0.6 is 15.9 Å². The van der Waals surface area contributed by atoms with Crippen molar-refractivity contribution in [3.05, 3.63) is 58.8 Å². The van der Waals surface area contributed by atoms with Gasteiger partial charge in [0.2, 0.25) is 5.91 Å². The Bertz CT molecular complexity index is 1420. The van der Waals surface area contributed by atoms with E-state index in [-0.39, 0.29) is 5.91 Å². The van der Waals surface area contributed by atoms with Crippen molar-refractivity contribution in [3.8, 4) is 5.75 Å². The van der Waals surface area contributed by atoms with E-state index in [4.69, 9.17) is 9.47 Å². The Kier molecular flexibility index (Phi) is 9.65. The Morgan fingerprint density at radius 3 is 2.66 bits per heavy atom. The summed E-state index contributed by atoms with van der Waals surface area (Å²) in [5.41, 5.74) is 2.96. The molecule has 11 nitrogen and oxygen atoms in total. The number of anilines is 3. The van der Waals surface area contributed by atoms with Crippen LogP contribution in [0.2, 0.25) is 0 Å². The van der Waals surface area contributed by atoms with E-state index >= 15 is 0 Å². The molecule has 2 aliphatic rings. The molecule has 5 rings (SSSR count). The third kappa shape index (κ3) is 7.93. The van der Waals surface area contributed by atoms with Crippen molar-refractivity contribution in [3.63, 3.8) is 0 Å². The highest BCUT2D eigenvalue weighted by molar-refractivity contribution is 9.10. The van der Waals surface area contributed by atoms with Gasteiger partial charge in [-0.25, -0.2) is 14.8 Å². The molecule has 0 aliphatic carbocycles. The molecule has 1 aromatic heterocycles. The van der Waals surface area contributed by atoms with E-state index in [1.54, 1.807) is 6.08 Å². The number of rotatable bonds is 9. The van der Waals surface area contributed by atoms with Crippen molar-refractivity contribution >= 4 is 56.0 Å². The molecule has 41 heavy (non-hydrogen) atoms. The fraction of sp³-hybridized carbons (Fsp3) is 0.379. The maximum atomic E-state index is 13.1. The summed E-state index contributed by atoms with van der Waals surface area (Å²) >= 11 is 3.50. The highest BCUT2D eigenvalue weighted by Gasteiger charge is 2.19. The fourth-order valence-corrected chi connectivity index (χ4v) is 5.28. The molecule has 0 bridgehead atoms. The van der Waals surface area contributed by atoms with Gasteiger partial charge in [-0.05, 0) is 43.5 Å². The third-order valence-corrected chi connectivity index (χ3v) is 7.57. The number of likely N-dealkylation sites (tertiary alicyclic amines) is 1. The van der Waals surface area contributed by atoms with Gasteiger partial charge in [-0.1, -0.05) is 27.6 Å². The summed E-state index contributed by atoms with van der Waals surface area (Å²) in [5.74, 6) is 0.834. The summed E-state index contributed by atoms with van der Waals surface area (Å²) < 4.78 is 12.5. The Morgan fingerprint density at radius 2 is 1.90 bits per heavy atom. The number of benzene rings is 2. The minimum atomic E-state index is -0.936. The van der Waals surface area contributed by atoms with Gasteiger partial charge in [-0.15, -0.1) is 0 Å². The van der Waals surface area contributed by atoms with E-state index in [0.717, 1.165) is 60.4 Å². The Hall–Kier alpha value is -3.74. The number of carbonyl (C=O) groups is 2. The topological polar surface area (TPSA) is 129 Å². The van der Waals surface area contributed by atoms with Gasteiger partial charge in [0, 0.05) is 60.4 Å². The van der Waals surface area contributed by atoms with Crippen LogP contribution in [-0.2, 0) is 9.53 Å². The third-order valence-electron chi connectivity index (χ3n) is 7.07. The van der Waals surface area contributed by atoms with Crippen molar-refractivity contribution in [2.24, 2.45) is 0 Å². The van der Waals surface area contributed by atoms with Crippen LogP contribution in [0.3, 0.4) is 0 Å². The minimum Gasteiger partial charge on any atom is -0.491 e. The van der Waals surface area contributed by atoms with Crippen molar-refractivity contribution in [1.29, 1.82) is 0 Å². The van der Waals surface area contributed by atoms with Crippen LogP contribution in [0, 0.1) is 0 Å². The molecule has 2 aliphatic heterocycles. The highest BCUT2D eigenvalue weighted by Crippen LogP contribution is 2.34. The lowest BCUT2D eigenvalue weighted by Gasteiger charge is -2.26. The zero-order valence-electron chi connectivity index (χ0n) is 22.6. The molecule has 0 atom stereocenters. The number of aromatic nitrogens is 2. The number of hydrogen-bond acceptors (Lipinski definition) is 8. The maximum absolute atomic E-state index is 13.1. The van der Waals surface area contributed by atoms with E-state index in [1.807, 2.05) is 36.4 Å². The normalized spacial score (nSPS) is 15.9. The lowest BCUT2D eigenvalue weighted by atomic mass is 10.0. The van der Waals surface area contributed by atoms with Crippen molar-refractivity contribution < 1.29 is 24.2 Å². The van der Waals surface area contributed by atoms with Crippen LogP contribution in [-0.4, -0.2) is 89.4 Å². The summed E-state index contributed by atoms with van der Waals surface area (Å²) in [7, 11) is 0. The summed E-state index contributed by atoms with van der Waals surface area (Å²) in [6, 6.07) is 11.4. The lowest BCUT2D eigenvalue weighted by Crippen LogP contribution is -2.37. The SMILES string of the molecule is O=C(C=C1CCN(C(=O)O)CC1)Nc1cc2c(Nc3cccc(Br)c3)ncnc2cc1OCCCN1CCOCC1. The van der Waals surface area contributed by atoms with Crippen LogP contribution in [0.5, 0.6) is 5.75 Å². The Morgan fingerprint density at radius 1 is 1.10 bits per heavy atom. The lowest BCUT2D eigenvalue weighted by molar-refractivity contribution is -0.112. The first-order chi connectivity index (χ1) is 19.9. The number of amides is 2. The van der Waals surface area contributed by atoms with Gasteiger partial charge >= 0.3 is 6.09 Å². The summed E-state index contributed by atoms with van der Waals surface area (Å²) in [6.45, 7) is 5.48. The number of carbonyl (C=O) groups excluding carboxylic acids is 1. The molecular weight excluding hydrogens is 592 g/mol. The first kappa shape index (κ1) is 28.8. The first-order valence-corrected chi connectivity index (χ1v) is 14.5. The second-order valence-electron chi connectivity index (χ2n) is 9.94. The van der Waals surface area contributed by atoms with E-state index in [0.29, 0.717) is 55.3 Å². The smallest absolute Gasteiger partial charge is 0.407 e. The molecule has 3 N–H and O–H groups in total. The number of morpholine rings is 1. The van der Waals surface area contributed by atoms with Crippen molar-refractivity contribution in [2.45, 2.75) is 19.3 Å². The molecule has 2 saturated heterocycles. The molecule has 0 saturated carbocycles. The van der Waals surface area contributed by atoms with Gasteiger partial charge in [0.25, 0.3) is 0 Å². The van der Waals surface area contributed by atoms with Gasteiger partial charge in [0.1, 0.15) is 17.9 Å². The molecule has 2 amide bonds. The van der Waals surface area contributed by atoms with E-state index in [1.165, 1.54) is 11.2 Å². The molecular formula is C29H33BrN6O5. The van der Waals surface area contributed by atoms with Gasteiger partial charge in [0.05, 0.1) is 31.0 Å². The van der Waals surface area contributed by atoms with Gasteiger partial charge in [0.15, 0.2) is 0 Å². The van der Waals surface area contributed by atoms with Gasteiger partial charge in [-0.2, -0.15) is 0 Å². The van der Waals surface area contributed by atoms with Crippen LogP contribution in [0.1, 0.15) is 19.3 Å². The van der Waals surface area contributed by atoms with Crippen molar-refractivity contribution in [2.75, 3.05) is 63.2 Å². The maximum Gasteiger partial charge on any atom is 0.407 e. The molecule has 3 heterocycles. The first-order valence-electron chi connectivity index (χ1n) is 13.7. The van der Waals surface area contributed by atoms with E-state index in [2.05, 4.69) is 41.4 Å². The number of halogens is 1. The molecule has 0 radical (unpaired) electrons. The summed E-state index contributed by atoms with van der Waals surface area (Å²) in [5, 5.41) is 16.3. The number of piperidine rings is 1. The monoisotopic (exact) mass is 624 g/mol. The summed E-state index contributed by atoms with van der Waals surface area (Å²) in [4.78, 5) is 36.9. The number of hydrogen-bond donors (Lipinski definition) is 3. The Labute approximate surface area is 246 Å². The summed E-state index contributed by atoms with van der Waals surface area (Å²) in [6.07, 6.45) is 4.00. The second-order valence-corrected chi connectivity index (χ2v) is 10.9. The molecule has 2 aromatic carbocycles. The van der Waals surface area contributed by atoms with E-state index < -0.39 is 6.09 Å². The second kappa shape index (κ2) is 13.7. The number of carboxylic acid groups (broad SMARTS) is 1. The van der Waals surface area contributed by atoms with Crippen molar-refractivity contribution in [1.82, 2.24) is 19.8 Å². The fourth-order valence-electron chi connectivity index (χ4n) is 4.88. The quantitative estimate of drug-likeness (QED) is 0.225. The molecule has 216 valence electrons. The van der Waals surface area contributed by atoms with Crippen LogP contribution in [0.25, 0.3) is 10.9 Å². The van der Waals surface area contributed by atoms with Gasteiger partial charge in [-0.3, -0.25) is 9.69 Å². The highest BCUT2D eigenvalue weighted by atomic mass is 79.9. The zero-order chi connectivity index (χ0) is 28.6. The number of nitrogens with zero attached hydrogens (tertiary/aromatic N) is 4. The zero-order valence-corrected chi connectivity index (χ0v) is 24.2. The molecule has 0 unspecified atom stereocenters. The molecule has 0 spiro atoms. The average Bonchev–Trinajstić information content (AvgIpc) is 2.96. The predicted molar refractivity (Wildman–Crippen MR) is 160 cm³/mol. The predicted octanol–water partition coefficient (Wildman–Crippen LogP) is 4.88. The van der Waals surface area contributed by atoms with E-state index in [9.17, 15) is 14.7 Å². The van der Waals surface area contributed by atoms with Gasteiger partial charge < -0.3 is 30.1 Å². The number of ether oxygens (including phenoxy) is 2. The Balaban J connectivity index is 1.36. The standard InChI is InChI=1S/C29H33BrN6O5/c30-21-3-1-4-22(16-21)33-28-23-17-25(34-27(37)15-20-5-8-36(9-6-20)29(38)39)26(18-24(23)31-19-32-28)41-12-2-7-35-10-13-40-14-11-35/h1,3-4,15-19H,2,5-14H2,(H,34,37)(H,38,39)(H,31,32,33). The molecule has 3 aromatic rings. The molecule has 2 fully saturated rings. The number of nitrogens with one attached hydrogen (secondary N) is 2. The average molecular weight is 626 g/mol. The van der Waals surface area contributed by atoms with Crippen LogP contribution in [0.15, 0.2) is 58.8 Å². The van der Waals surface area contributed by atoms with Crippen LogP contribution < -0.4 is 15.4 Å². The largest absolute Gasteiger partial charge is 0.491 e. The van der Waals surface area contributed by atoms with Crippen LogP contribution in [0.4, 0.5) is 22.0 Å². The minimum absolute atomic E-state index is 0.292.